The number of nitrogens with one attached hydrogen (secondary N) is 2. The smallest absolute Gasteiger partial charge is 0.236 e. The van der Waals surface area contributed by atoms with Crippen molar-refractivity contribution in [1.29, 1.82) is 0 Å². The van der Waals surface area contributed by atoms with Crippen LogP contribution >= 0.6 is 23.1 Å². The van der Waals surface area contributed by atoms with Gasteiger partial charge in [0.25, 0.3) is 0 Å². The molecule has 9 nitrogen and oxygen atoms in total. The number of hydrogen-bond donors (Lipinski definition) is 2. The maximum absolute atomic E-state index is 12.6. The number of rotatable bonds is 8. The number of thioether (sulfide) groups is 1. The molecule has 3 heterocycles. The summed E-state index contributed by atoms with van der Waals surface area (Å²) in [5.74, 6) is 1.41. The van der Waals surface area contributed by atoms with E-state index in [0.717, 1.165) is 39.3 Å². The number of amides is 1. The molecule has 3 aromatic heterocycles. The van der Waals surface area contributed by atoms with Crippen LogP contribution in [0.3, 0.4) is 0 Å². The number of hydrogen-bond acceptors (Lipinski definition) is 8. The minimum atomic E-state index is -0.179. The van der Waals surface area contributed by atoms with E-state index in [1.807, 2.05) is 66.2 Å². The number of methoxy groups -OCH3 is 1. The minimum Gasteiger partial charge on any atom is -0.497 e. The van der Waals surface area contributed by atoms with Crippen LogP contribution in [0.2, 0.25) is 0 Å². The number of nitrogens with zero attached hydrogens (tertiary/aromatic N) is 5. The third-order valence-electron chi connectivity index (χ3n) is 5.14. The number of benzene rings is 2. The fraction of sp³-hybridized carbons (Fsp3) is 0.174. The number of aromatic amines is 1. The number of carbonyl (C=O) groups is 1. The van der Waals surface area contributed by atoms with Crippen LogP contribution in [0.25, 0.3) is 28.0 Å². The molecule has 0 unspecified atom stereocenters. The fourth-order valence-corrected chi connectivity index (χ4v) is 4.94. The lowest BCUT2D eigenvalue weighted by molar-refractivity contribution is -0.113. The van der Waals surface area contributed by atoms with Gasteiger partial charge in [-0.1, -0.05) is 48.2 Å². The Morgan fingerprint density at radius 1 is 1.12 bits per heavy atom. The van der Waals surface area contributed by atoms with Gasteiger partial charge in [-0.3, -0.25) is 14.7 Å². The molecule has 2 N–H and O–H groups in total. The van der Waals surface area contributed by atoms with Crippen molar-refractivity contribution in [2.75, 3.05) is 18.2 Å². The van der Waals surface area contributed by atoms with E-state index < -0.39 is 0 Å². The van der Waals surface area contributed by atoms with Crippen LogP contribution in [0.15, 0.2) is 59.9 Å². The summed E-state index contributed by atoms with van der Waals surface area (Å²) < 4.78 is 7.26. The zero-order valence-electron chi connectivity index (χ0n) is 18.5. The average Bonchev–Trinajstić information content (AvgIpc) is 3.60. The van der Waals surface area contributed by atoms with Gasteiger partial charge < -0.3 is 9.72 Å². The van der Waals surface area contributed by atoms with Gasteiger partial charge in [-0.15, -0.1) is 20.4 Å². The zero-order valence-corrected chi connectivity index (χ0v) is 20.1. The van der Waals surface area contributed by atoms with E-state index >= 15 is 0 Å². The Balaban J connectivity index is 1.46. The van der Waals surface area contributed by atoms with Crippen LogP contribution in [0, 0.1) is 0 Å². The molecular formula is C23H21N7O2S2. The van der Waals surface area contributed by atoms with Gasteiger partial charge in [-0.05, 0) is 36.8 Å². The van der Waals surface area contributed by atoms with E-state index in [0.29, 0.717) is 16.1 Å². The average molecular weight is 492 g/mol. The van der Waals surface area contributed by atoms with E-state index in [1.165, 1.54) is 23.1 Å². The lowest BCUT2D eigenvalue weighted by atomic mass is 10.1. The molecule has 0 fully saturated rings. The molecule has 0 saturated heterocycles. The van der Waals surface area contributed by atoms with Gasteiger partial charge in [0.05, 0.1) is 12.9 Å². The highest BCUT2D eigenvalue weighted by atomic mass is 32.2. The summed E-state index contributed by atoms with van der Waals surface area (Å²) in [6.45, 7) is 2.00. The normalized spacial score (nSPS) is 11.1. The van der Waals surface area contributed by atoms with E-state index in [9.17, 15) is 4.79 Å². The van der Waals surface area contributed by atoms with Crippen molar-refractivity contribution >= 4 is 45.0 Å². The molecule has 11 heteroatoms. The van der Waals surface area contributed by atoms with Crippen LogP contribution < -0.4 is 10.1 Å². The maximum Gasteiger partial charge on any atom is 0.236 e. The molecule has 5 aromatic rings. The fourth-order valence-electron chi connectivity index (χ4n) is 3.49. The molecule has 5 rings (SSSR count). The summed E-state index contributed by atoms with van der Waals surface area (Å²) in [7, 11) is 1.63. The SMILES string of the molecule is CCc1nnc(NC(=O)CSc2nnc(-c3c[nH]c4ccccc34)n2-c2ccc(OC)cc2)s1. The quantitative estimate of drug-likeness (QED) is 0.306. The first-order chi connectivity index (χ1) is 16.7. The Hall–Kier alpha value is -3.70. The predicted molar refractivity (Wildman–Crippen MR) is 134 cm³/mol. The molecule has 0 aliphatic heterocycles. The van der Waals surface area contributed by atoms with Gasteiger partial charge >= 0.3 is 0 Å². The van der Waals surface area contributed by atoms with E-state index in [2.05, 4.69) is 30.7 Å². The Bertz CT molecular complexity index is 1440. The predicted octanol–water partition coefficient (Wildman–Crippen LogP) is 4.57. The summed E-state index contributed by atoms with van der Waals surface area (Å²) in [6, 6.07) is 15.7. The highest BCUT2D eigenvalue weighted by Crippen LogP contribution is 2.33. The summed E-state index contributed by atoms with van der Waals surface area (Å²) in [5.41, 5.74) is 2.81. The van der Waals surface area contributed by atoms with Crippen LogP contribution in [0.5, 0.6) is 5.75 Å². The Morgan fingerprint density at radius 2 is 1.94 bits per heavy atom. The molecule has 0 aliphatic rings. The highest BCUT2D eigenvalue weighted by Gasteiger charge is 2.20. The van der Waals surface area contributed by atoms with Crippen LogP contribution in [-0.2, 0) is 11.2 Å². The number of para-hydroxylation sites is 1. The number of fused-ring (bicyclic) bond motifs is 1. The summed E-state index contributed by atoms with van der Waals surface area (Å²) in [5, 5.41) is 22.8. The Morgan fingerprint density at radius 3 is 2.71 bits per heavy atom. The molecule has 1 amide bonds. The van der Waals surface area contributed by atoms with Crippen molar-refractivity contribution in [1.82, 2.24) is 29.9 Å². The topological polar surface area (TPSA) is 111 Å². The summed E-state index contributed by atoms with van der Waals surface area (Å²) in [4.78, 5) is 15.8. The largest absolute Gasteiger partial charge is 0.497 e. The van der Waals surface area contributed by atoms with Gasteiger partial charge in [0.1, 0.15) is 10.8 Å². The maximum atomic E-state index is 12.6. The first kappa shape index (κ1) is 22.1. The van der Waals surface area contributed by atoms with Crippen molar-refractivity contribution in [3.05, 3.63) is 59.7 Å². The van der Waals surface area contributed by atoms with Gasteiger partial charge in [0.15, 0.2) is 11.0 Å². The van der Waals surface area contributed by atoms with Crippen LogP contribution in [0.1, 0.15) is 11.9 Å². The number of aromatic nitrogens is 6. The summed E-state index contributed by atoms with van der Waals surface area (Å²) >= 11 is 2.69. The monoisotopic (exact) mass is 491 g/mol. The van der Waals surface area contributed by atoms with E-state index in [1.54, 1.807) is 7.11 Å². The lowest BCUT2D eigenvalue weighted by Gasteiger charge is -2.11. The van der Waals surface area contributed by atoms with E-state index in [-0.39, 0.29) is 11.7 Å². The first-order valence-electron chi connectivity index (χ1n) is 10.6. The standard InChI is InChI=1S/C23H21N7O2S2/c1-3-20-26-28-22(34-20)25-19(31)13-33-23-29-27-21(17-12-24-18-7-5-4-6-16(17)18)30(23)14-8-10-15(32-2)11-9-14/h4-12,24H,3,13H2,1-2H3,(H,25,28,31). The molecule has 0 atom stereocenters. The first-order valence-corrected chi connectivity index (χ1v) is 12.4. The van der Waals surface area contributed by atoms with E-state index in [4.69, 9.17) is 4.74 Å². The second-order valence-electron chi connectivity index (χ2n) is 7.28. The lowest BCUT2D eigenvalue weighted by Crippen LogP contribution is -2.14. The highest BCUT2D eigenvalue weighted by molar-refractivity contribution is 7.99. The minimum absolute atomic E-state index is 0.156. The molecule has 0 saturated carbocycles. The second kappa shape index (κ2) is 9.65. The number of aryl methyl sites for hydroxylation is 1. The third-order valence-corrected chi connectivity index (χ3v) is 7.05. The molecule has 0 spiro atoms. The number of ether oxygens (including phenoxy) is 1. The zero-order chi connectivity index (χ0) is 23.5. The Labute approximate surface area is 203 Å². The van der Waals surface area contributed by atoms with Crippen LogP contribution in [-0.4, -0.2) is 48.7 Å². The molecule has 172 valence electrons. The van der Waals surface area contributed by atoms with Crippen molar-refractivity contribution in [3.63, 3.8) is 0 Å². The van der Waals surface area contributed by atoms with Crippen molar-refractivity contribution < 1.29 is 9.53 Å². The molecule has 2 aromatic carbocycles. The van der Waals surface area contributed by atoms with Gasteiger partial charge in [0.2, 0.25) is 11.0 Å². The number of anilines is 1. The number of carbonyl (C=O) groups excluding carboxylic acids is 1. The molecule has 0 bridgehead atoms. The summed E-state index contributed by atoms with van der Waals surface area (Å²) in [6.07, 6.45) is 2.71. The van der Waals surface area contributed by atoms with Crippen molar-refractivity contribution in [2.24, 2.45) is 0 Å². The van der Waals surface area contributed by atoms with Crippen molar-refractivity contribution in [2.45, 2.75) is 18.5 Å². The van der Waals surface area contributed by atoms with Gasteiger partial charge in [-0.25, -0.2) is 0 Å². The molecular weight excluding hydrogens is 470 g/mol. The molecule has 34 heavy (non-hydrogen) atoms. The van der Waals surface area contributed by atoms with Crippen molar-refractivity contribution in [3.8, 4) is 22.8 Å². The van der Waals surface area contributed by atoms with Gasteiger partial charge in [-0.2, -0.15) is 0 Å². The van der Waals surface area contributed by atoms with Gasteiger partial charge in [0, 0.05) is 28.4 Å². The second-order valence-corrected chi connectivity index (χ2v) is 9.28. The molecule has 0 aliphatic carbocycles. The van der Waals surface area contributed by atoms with Crippen LogP contribution in [0.4, 0.5) is 5.13 Å². The number of H-pyrrole nitrogens is 1. The molecule has 0 radical (unpaired) electrons. The Kier molecular flexibility index (Phi) is 6.28. The third kappa shape index (κ3) is 4.39.